The zero-order chi connectivity index (χ0) is 27.2. The smallest absolute Gasteiger partial charge is 0.356 e. The molecule has 0 amide bonds. The summed E-state index contributed by atoms with van der Waals surface area (Å²) in [6.45, 7) is 0. The second-order valence-electron chi connectivity index (χ2n) is 5.53. The summed E-state index contributed by atoms with van der Waals surface area (Å²) in [5, 5.41) is 44.2. The molecule has 0 spiro atoms. The molecule has 0 aliphatic carbocycles. The van der Waals surface area contributed by atoms with Crippen LogP contribution in [0.15, 0.2) is 97.6 Å². The van der Waals surface area contributed by atoms with E-state index >= 15 is 0 Å². The van der Waals surface area contributed by atoms with Crippen LogP contribution in [0, 0.1) is 86.8 Å². The van der Waals surface area contributed by atoms with E-state index in [9.17, 15) is 0 Å². The van der Waals surface area contributed by atoms with Gasteiger partial charge in [-0.3, -0.25) is 19.9 Å². The van der Waals surface area contributed by atoms with Gasteiger partial charge in [0.05, 0.1) is 38.0 Å². The Morgan fingerprint density at radius 3 is 0.676 bits per heavy atom. The van der Waals surface area contributed by atoms with E-state index in [4.69, 9.17) is 46.0 Å². The zero-order valence-corrected chi connectivity index (χ0v) is 21.8. The van der Waals surface area contributed by atoms with Gasteiger partial charge in [0.15, 0.2) is 0 Å². The van der Waals surface area contributed by atoms with Crippen LogP contribution < -0.4 is 0 Å². The molecule has 37 heavy (non-hydrogen) atoms. The number of rotatable bonds is 2. The first kappa shape index (κ1) is 34.7. The van der Waals surface area contributed by atoms with Gasteiger partial charge in [-0.05, 0) is 48.5 Å². The van der Waals surface area contributed by atoms with E-state index in [-0.39, 0.29) is 40.8 Å². The molecule has 4 aromatic rings. The molecule has 0 saturated carbocycles. The molecule has 0 bridgehead atoms. The average molecular weight is 643 g/mol. The average Bonchev–Trinajstić information content (AvgIpc) is 2.86. The fourth-order valence-corrected chi connectivity index (χ4v) is 2.06. The summed E-state index contributed by atoms with van der Waals surface area (Å²) in [7, 11) is 0. The first-order valence-electron chi connectivity index (χ1n) is 9.23. The van der Waals surface area contributed by atoms with Crippen LogP contribution in [0.3, 0.4) is 0 Å². The quantitative estimate of drug-likeness (QED) is 0.224. The Morgan fingerprint density at radius 2 is 0.568 bits per heavy atom. The monoisotopic (exact) mass is 640 g/mol. The summed E-state index contributed by atoms with van der Waals surface area (Å²) in [6, 6.07) is 23.2. The third-order valence-electron chi connectivity index (χ3n) is 3.18. The standard InChI is InChI=1S/2C10H8N2.3NO3.Nd/c2*1-3-7-11-9(5-1)10-6-2-4-8-12-10;3*2-1(3)4;/h2*1-8H;;;;/q;;3*-1;+3. The minimum Gasteiger partial charge on any atom is -0.356 e. The van der Waals surface area contributed by atoms with Gasteiger partial charge < -0.3 is 46.0 Å². The van der Waals surface area contributed by atoms with Crippen LogP contribution >= 0.6 is 0 Å². The first-order chi connectivity index (χ1) is 17.1. The van der Waals surface area contributed by atoms with Crippen molar-refractivity contribution in [1.82, 2.24) is 19.9 Å². The van der Waals surface area contributed by atoms with Crippen molar-refractivity contribution < 1.29 is 56.1 Å². The van der Waals surface area contributed by atoms with E-state index in [1.165, 1.54) is 0 Å². The molecular formula is C20H16N7NdO9. The van der Waals surface area contributed by atoms with Crippen LogP contribution in [-0.4, -0.2) is 35.2 Å². The first-order valence-corrected chi connectivity index (χ1v) is 9.23. The van der Waals surface area contributed by atoms with Crippen molar-refractivity contribution in [2.45, 2.75) is 0 Å². The minimum atomic E-state index is -1.75. The Hall–Kier alpha value is -4.45. The predicted octanol–water partition coefficient (Wildman–Crippen LogP) is 3.57. The Bertz CT molecular complexity index is 957. The van der Waals surface area contributed by atoms with Gasteiger partial charge in [0.2, 0.25) is 0 Å². The predicted molar refractivity (Wildman–Crippen MR) is 126 cm³/mol. The molecule has 0 saturated heterocycles. The van der Waals surface area contributed by atoms with Gasteiger partial charge in [-0.2, -0.15) is 0 Å². The maximum absolute atomic E-state index is 8.25. The fourth-order valence-electron chi connectivity index (χ4n) is 2.06. The van der Waals surface area contributed by atoms with Gasteiger partial charge in [0.1, 0.15) is 0 Å². The van der Waals surface area contributed by atoms with E-state index in [1.54, 1.807) is 24.8 Å². The summed E-state index contributed by atoms with van der Waals surface area (Å²) in [6.07, 6.45) is 7.07. The molecule has 0 unspecified atom stereocenters. The number of hydrogen-bond donors (Lipinski definition) is 0. The number of pyridine rings is 4. The summed E-state index contributed by atoms with van der Waals surface area (Å²) in [5.41, 5.74) is 3.66. The molecule has 4 aromatic heterocycles. The topological polar surface area (TPSA) is 250 Å². The molecule has 4 rings (SSSR count). The molecule has 1 radical (unpaired) electrons. The van der Waals surface area contributed by atoms with Crippen molar-refractivity contribution in [3.63, 3.8) is 0 Å². The number of nitrogens with zero attached hydrogens (tertiary/aromatic N) is 7. The van der Waals surface area contributed by atoms with Crippen molar-refractivity contribution >= 4 is 0 Å². The largest absolute Gasteiger partial charge is 3.00 e. The van der Waals surface area contributed by atoms with Crippen molar-refractivity contribution in [2.75, 3.05) is 0 Å². The van der Waals surface area contributed by atoms with Gasteiger partial charge in [0, 0.05) is 24.8 Å². The third kappa shape index (κ3) is 21.8. The van der Waals surface area contributed by atoms with E-state index in [1.807, 2.05) is 72.8 Å². The number of aromatic nitrogens is 4. The Kier molecular flexibility index (Phi) is 20.7. The zero-order valence-electron chi connectivity index (χ0n) is 18.5. The van der Waals surface area contributed by atoms with Crippen LogP contribution in [-0.2, 0) is 0 Å². The summed E-state index contributed by atoms with van der Waals surface area (Å²) >= 11 is 0. The molecule has 0 fully saturated rings. The molecule has 17 heteroatoms. The molecule has 189 valence electrons. The fraction of sp³-hybridized carbons (Fsp3) is 0. The van der Waals surface area contributed by atoms with Crippen molar-refractivity contribution in [3.05, 3.63) is 144 Å². The van der Waals surface area contributed by atoms with Crippen LogP contribution in [0.4, 0.5) is 0 Å². The molecule has 0 aliphatic rings. The van der Waals surface area contributed by atoms with Crippen molar-refractivity contribution in [2.24, 2.45) is 0 Å². The minimum absolute atomic E-state index is 0. The van der Waals surface area contributed by atoms with Crippen LogP contribution in [0.1, 0.15) is 0 Å². The Labute approximate surface area is 241 Å². The molecule has 0 N–H and O–H groups in total. The normalized spacial score (nSPS) is 8.22. The second kappa shape index (κ2) is 22.0. The molecule has 0 aromatic carbocycles. The van der Waals surface area contributed by atoms with E-state index in [2.05, 4.69) is 19.9 Å². The summed E-state index contributed by atoms with van der Waals surface area (Å²) in [5.74, 6) is 0. The molecule has 0 atom stereocenters. The van der Waals surface area contributed by atoms with Gasteiger partial charge in [-0.15, -0.1) is 0 Å². The number of hydrogen-bond acceptors (Lipinski definition) is 13. The summed E-state index contributed by atoms with van der Waals surface area (Å²) in [4.78, 5) is 41.5. The van der Waals surface area contributed by atoms with Gasteiger partial charge in [-0.1, -0.05) is 24.3 Å². The molecule has 4 heterocycles. The van der Waals surface area contributed by atoms with Crippen molar-refractivity contribution in [3.8, 4) is 22.8 Å². The summed E-state index contributed by atoms with van der Waals surface area (Å²) < 4.78 is 0. The Balaban J connectivity index is 0. The Morgan fingerprint density at radius 1 is 0.405 bits per heavy atom. The second-order valence-corrected chi connectivity index (χ2v) is 5.53. The van der Waals surface area contributed by atoms with E-state index in [0.717, 1.165) is 22.8 Å². The third-order valence-corrected chi connectivity index (χ3v) is 3.18. The van der Waals surface area contributed by atoms with Gasteiger partial charge >= 0.3 is 40.8 Å². The molecule has 16 nitrogen and oxygen atoms in total. The van der Waals surface area contributed by atoms with E-state index < -0.39 is 15.3 Å². The SMILES string of the molecule is O=[N+]([O-])[O-].O=[N+]([O-])[O-].O=[N+]([O-])[O-].[Nd+3].c1ccc(-c2ccccn2)nc1.c1ccc(-c2ccccn2)nc1. The maximum atomic E-state index is 8.25. The van der Waals surface area contributed by atoms with E-state index in [0.29, 0.717) is 0 Å². The van der Waals surface area contributed by atoms with Gasteiger partial charge in [0.25, 0.3) is 0 Å². The van der Waals surface area contributed by atoms with Crippen LogP contribution in [0.25, 0.3) is 22.8 Å². The molecule has 0 aliphatic heterocycles. The van der Waals surface area contributed by atoms with Crippen molar-refractivity contribution in [1.29, 1.82) is 0 Å². The van der Waals surface area contributed by atoms with Crippen LogP contribution in [0.5, 0.6) is 0 Å². The maximum Gasteiger partial charge on any atom is 3.00 e. The van der Waals surface area contributed by atoms with Crippen LogP contribution in [0.2, 0.25) is 0 Å². The molecular weight excluding hydrogens is 626 g/mol. The van der Waals surface area contributed by atoms with Gasteiger partial charge in [-0.25, -0.2) is 0 Å².